The molecule has 2 N–H and O–H groups in total. The van der Waals surface area contributed by atoms with E-state index >= 15 is 0 Å². The van der Waals surface area contributed by atoms with E-state index in [1.54, 1.807) is 22.3 Å². The summed E-state index contributed by atoms with van der Waals surface area (Å²) in [5, 5.41) is 17.9. The van der Waals surface area contributed by atoms with Gasteiger partial charge in [-0.2, -0.15) is 5.10 Å². The zero-order valence-electron chi connectivity index (χ0n) is 11.3. The van der Waals surface area contributed by atoms with Crippen LogP contribution in [0.3, 0.4) is 0 Å². The highest BCUT2D eigenvalue weighted by Gasteiger charge is 2.28. The number of aliphatic carboxylic acids is 1. The predicted octanol–water partition coefficient (Wildman–Crippen LogP) is 2.08. The lowest BCUT2D eigenvalue weighted by Gasteiger charge is -2.29. The average Bonchev–Trinajstić information content (AvgIpc) is 3.17. The van der Waals surface area contributed by atoms with Gasteiger partial charge in [0.25, 0.3) is 5.91 Å². The van der Waals surface area contributed by atoms with Gasteiger partial charge in [-0.25, -0.2) is 0 Å². The summed E-state index contributed by atoms with van der Waals surface area (Å²) in [6.45, 7) is 0.938. The number of nitrogens with one attached hydrogen (secondary N) is 1. The summed E-state index contributed by atoms with van der Waals surface area (Å²) >= 11 is 1.58. The molecule has 0 atom stereocenters. The molecule has 0 spiro atoms. The van der Waals surface area contributed by atoms with Crippen molar-refractivity contribution in [1.82, 2.24) is 15.1 Å². The normalized spacial score (nSPS) is 16.1. The summed E-state index contributed by atoms with van der Waals surface area (Å²) in [4.78, 5) is 26.0. The SMILES string of the molecule is O=C(O)C1CCN(C(=O)c2cc(-c3cccs3)[nH]n2)CC1. The highest BCUT2D eigenvalue weighted by Crippen LogP contribution is 2.24. The van der Waals surface area contributed by atoms with Gasteiger partial charge in [0.2, 0.25) is 0 Å². The largest absolute Gasteiger partial charge is 0.481 e. The Labute approximate surface area is 125 Å². The first-order valence-corrected chi connectivity index (χ1v) is 7.64. The van der Waals surface area contributed by atoms with Crippen molar-refractivity contribution >= 4 is 23.2 Å². The van der Waals surface area contributed by atoms with Crippen molar-refractivity contribution in [2.75, 3.05) is 13.1 Å². The van der Waals surface area contributed by atoms with Gasteiger partial charge < -0.3 is 10.0 Å². The van der Waals surface area contributed by atoms with Crippen LogP contribution in [0.15, 0.2) is 23.6 Å². The molecule has 2 aromatic heterocycles. The fourth-order valence-electron chi connectivity index (χ4n) is 2.48. The van der Waals surface area contributed by atoms with Gasteiger partial charge in [-0.1, -0.05) is 6.07 Å². The molecule has 7 heteroatoms. The molecule has 0 bridgehead atoms. The van der Waals surface area contributed by atoms with Crippen molar-refractivity contribution < 1.29 is 14.7 Å². The molecule has 1 saturated heterocycles. The zero-order chi connectivity index (χ0) is 14.8. The predicted molar refractivity (Wildman–Crippen MR) is 78.2 cm³/mol. The van der Waals surface area contributed by atoms with Crippen molar-refractivity contribution in [2.45, 2.75) is 12.8 Å². The smallest absolute Gasteiger partial charge is 0.306 e. The Morgan fingerprint density at radius 3 is 2.76 bits per heavy atom. The Hall–Kier alpha value is -2.15. The fourth-order valence-corrected chi connectivity index (χ4v) is 3.17. The number of amides is 1. The van der Waals surface area contributed by atoms with Crippen LogP contribution >= 0.6 is 11.3 Å². The molecule has 6 nitrogen and oxygen atoms in total. The minimum absolute atomic E-state index is 0.141. The number of hydrogen-bond acceptors (Lipinski definition) is 4. The second-order valence-electron chi connectivity index (χ2n) is 5.05. The molecule has 2 aromatic rings. The molecule has 0 aliphatic carbocycles. The molecule has 1 aliphatic rings. The van der Waals surface area contributed by atoms with Gasteiger partial charge >= 0.3 is 5.97 Å². The van der Waals surface area contributed by atoms with E-state index in [1.165, 1.54) is 0 Å². The molecule has 3 heterocycles. The van der Waals surface area contributed by atoms with E-state index in [0.717, 1.165) is 10.6 Å². The van der Waals surface area contributed by atoms with E-state index in [-0.39, 0.29) is 11.8 Å². The third kappa shape index (κ3) is 2.82. The number of carbonyl (C=O) groups excluding carboxylic acids is 1. The average molecular weight is 305 g/mol. The topological polar surface area (TPSA) is 86.3 Å². The molecule has 110 valence electrons. The number of nitrogens with zero attached hydrogens (tertiary/aromatic N) is 2. The Bertz CT molecular complexity index is 642. The number of H-pyrrole nitrogens is 1. The van der Waals surface area contributed by atoms with Crippen molar-refractivity contribution in [3.8, 4) is 10.6 Å². The van der Waals surface area contributed by atoms with Gasteiger partial charge in [0.1, 0.15) is 0 Å². The van der Waals surface area contributed by atoms with E-state index < -0.39 is 5.97 Å². The van der Waals surface area contributed by atoms with Crippen molar-refractivity contribution in [3.05, 3.63) is 29.3 Å². The summed E-state index contributed by atoms with van der Waals surface area (Å²) in [5.41, 5.74) is 1.21. The Balaban J connectivity index is 1.68. The monoisotopic (exact) mass is 305 g/mol. The Morgan fingerprint density at radius 2 is 2.14 bits per heavy atom. The Kier molecular flexibility index (Phi) is 3.74. The summed E-state index contributed by atoms with van der Waals surface area (Å²) in [6.07, 6.45) is 1.01. The standard InChI is InChI=1S/C14H15N3O3S/c18-13(17-5-3-9(4-6-17)14(19)20)11-8-10(15-16-11)12-2-1-7-21-12/h1-2,7-9H,3-6H2,(H,15,16)(H,19,20). The fraction of sp³-hybridized carbons (Fsp3) is 0.357. The number of hydrogen-bond donors (Lipinski definition) is 2. The van der Waals surface area contributed by atoms with Gasteiger partial charge in [0.15, 0.2) is 5.69 Å². The third-order valence-electron chi connectivity index (χ3n) is 3.72. The molecular weight excluding hydrogens is 290 g/mol. The highest BCUT2D eigenvalue weighted by atomic mass is 32.1. The van der Waals surface area contributed by atoms with Gasteiger partial charge in [-0.15, -0.1) is 11.3 Å². The number of aromatic amines is 1. The third-order valence-corrected chi connectivity index (χ3v) is 4.62. The number of thiophene rings is 1. The molecule has 3 rings (SSSR count). The molecule has 1 fully saturated rings. The van der Waals surface area contributed by atoms with Crippen molar-refractivity contribution in [3.63, 3.8) is 0 Å². The number of carboxylic acid groups (broad SMARTS) is 1. The maximum absolute atomic E-state index is 12.4. The minimum atomic E-state index is -0.776. The number of carboxylic acids is 1. The van der Waals surface area contributed by atoms with Gasteiger partial charge in [0, 0.05) is 13.1 Å². The molecule has 1 amide bonds. The van der Waals surface area contributed by atoms with E-state index in [4.69, 9.17) is 5.11 Å². The summed E-state index contributed by atoms with van der Waals surface area (Å²) in [7, 11) is 0. The van der Waals surface area contributed by atoms with Crippen LogP contribution < -0.4 is 0 Å². The molecule has 21 heavy (non-hydrogen) atoms. The van der Waals surface area contributed by atoms with Crippen LogP contribution in [0.1, 0.15) is 23.3 Å². The van der Waals surface area contributed by atoms with Crippen LogP contribution in [0.5, 0.6) is 0 Å². The van der Waals surface area contributed by atoms with Crippen molar-refractivity contribution in [2.24, 2.45) is 5.92 Å². The van der Waals surface area contributed by atoms with Crippen molar-refractivity contribution in [1.29, 1.82) is 0 Å². The number of carbonyl (C=O) groups is 2. The maximum atomic E-state index is 12.4. The van der Waals surface area contributed by atoms with Crippen LogP contribution in [-0.4, -0.2) is 45.2 Å². The number of rotatable bonds is 3. The quantitative estimate of drug-likeness (QED) is 0.909. The van der Waals surface area contributed by atoms with E-state index in [9.17, 15) is 9.59 Å². The minimum Gasteiger partial charge on any atom is -0.481 e. The van der Waals surface area contributed by atoms with Crippen LogP contribution in [0, 0.1) is 5.92 Å². The zero-order valence-corrected chi connectivity index (χ0v) is 12.1. The lowest BCUT2D eigenvalue weighted by atomic mass is 9.97. The van der Waals surface area contributed by atoms with Gasteiger partial charge in [-0.3, -0.25) is 14.7 Å². The summed E-state index contributed by atoms with van der Waals surface area (Å²) in [5.74, 6) is -1.25. The molecule has 1 aliphatic heterocycles. The van der Waals surface area contributed by atoms with E-state index in [2.05, 4.69) is 10.2 Å². The molecular formula is C14H15N3O3S. The maximum Gasteiger partial charge on any atom is 0.306 e. The summed E-state index contributed by atoms with van der Waals surface area (Å²) in [6, 6.07) is 5.65. The van der Waals surface area contributed by atoms with E-state index in [0.29, 0.717) is 31.6 Å². The molecule has 0 saturated carbocycles. The first kappa shape index (κ1) is 13.8. The van der Waals surface area contributed by atoms with Crippen LogP contribution in [0.4, 0.5) is 0 Å². The highest BCUT2D eigenvalue weighted by molar-refractivity contribution is 7.13. The number of aromatic nitrogens is 2. The summed E-state index contributed by atoms with van der Waals surface area (Å²) < 4.78 is 0. The van der Waals surface area contributed by atoms with E-state index in [1.807, 2.05) is 17.5 Å². The first-order valence-electron chi connectivity index (χ1n) is 6.76. The number of piperidine rings is 1. The lowest BCUT2D eigenvalue weighted by Crippen LogP contribution is -2.40. The second kappa shape index (κ2) is 5.69. The number of likely N-dealkylation sites (tertiary alicyclic amines) is 1. The molecule has 0 radical (unpaired) electrons. The lowest BCUT2D eigenvalue weighted by molar-refractivity contribution is -0.143. The van der Waals surface area contributed by atoms with Crippen LogP contribution in [-0.2, 0) is 4.79 Å². The van der Waals surface area contributed by atoms with Gasteiger partial charge in [0.05, 0.1) is 16.5 Å². The van der Waals surface area contributed by atoms with Crippen LogP contribution in [0.25, 0.3) is 10.6 Å². The molecule has 0 aromatic carbocycles. The second-order valence-corrected chi connectivity index (χ2v) is 6.00. The Morgan fingerprint density at radius 1 is 1.38 bits per heavy atom. The van der Waals surface area contributed by atoms with Gasteiger partial charge in [-0.05, 0) is 30.4 Å². The van der Waals surface area contributed by atoms with Crippen LogP contribution in [0.2, 0.25) is 0 Å². The molecule has 0 unspecified atom stereocenters. The first-order chi connectivity index (χ1) is 10.1.